The molecule has 4 N–H and O–H groups in total. The Morgan fingerprint density at radius 3 is 3.00 bits per heavy atom. The molecule has 0 aliphatic heterocycles. The molecule has 78 valence electrons. The van der Waals surface area contributed by atoms with Gasteiger partial charge in [-0.1, -0.05) is 0 Å². The number of nitrogens with one attached hydrogen (secondary N) is 2. The fourth-order valence-corrected chi connectivity index (χ4v) is 1.14. The number of amides is 1. The molecular formula is C9H15N3O2. The first-order valence-electron chi connectivity index (χ1n) is 4.37. The van der Waals surface area contributed by atoms with Crippen molar-refractivity contribution in [2.45, 2.75) is 13.0 Å². The number of nitrogens with two attached hydrogens (primary N) is 1. The molecule has 0 aliphatic carbocycles. The molecule has 0 aliphatic rings. The van der Waals surface area contributed by atoms with E-state index in [2.05, 4.69) is 10.3 Å². The van der Waals surface area contributed by atoms with E-state index in [0.717, 1.165) is 0 Å². The summed E-state index contributed by atoms with van der Waals surface area (Å²) >= 11 is 0. The fraction of sp³-hybridized carbons (Fsp3) is 0.444. The molecule has 1 heterocycles. The molecule has 1 rings (SSSR count). The van der Waals surface area contributed by atoms with Crippen molar-refractivity contribution in [3.8, 4) is 0 Å². The van der Waals surface area contributed by atoms with E-state index in [1.807, 2.05) is 6.92 Å². The largest absolute Gasteiger partial charge is 0.397 e. The van der Waals surface area contributed by atoms with Crippen molar-refractivity contribution in [1.82, 2.24) is 10.3 Å². The topological polar surface area (TPSA) is 80.1 Å². The third-order valence-corrected chi connectivity index (χ3v) is 1.74. The molecule has 5 heteroatoms. The second kappa shape index (κ2) is 4.66. The number of carbonyl (C=O) groups is 1. The number of H-pyrrole nitrogens is 1. The maximum Gasteiger partial charge on any atom is 0.268 e. The third-order valence-electron chi connectivity index (χ3n) is 1.74. The SMILES string of the molecule is COCC(C)NC(=O)c1cc(N)c[nH]1. The van der Waals surface area contributed by atoms with Crippen LogP contribution in [0.2, 0.25) is 0 Å². The van der Waals surface area contributed by atoms with E-state index < -0.39 is 0 Å². The summed E-state index contributed by atoms with van der Waals surface area (Å²) < 4.78 is 4.90. The van der Waals surface area contributed by atoms with Gasteiger partial charge in [0.05, 0.1) is 6.61 Å². The van der Waals surface area contributed by atoms with Gasteiger partial charge in [0.15, 0.2) is 0 Å². The van der Waals surface area contributed by atoms with Crippen LogP contribution in [0.5, 0.6) is 0 Å². The maximum atomic E-state index is 11.5. The second-order valence-electron chi connectivity index (χ2n) is 3.18. The third kappa shape index (κ3) is 2.77. The Labute approximate surface area is 82.6 Å². The van der Waals surface area contributed by atoms with Gasteiger partial charge in [-0.2, -0.15) is 0 Å². The van der Waals surface area contributed by atoms with Gasteiger partial charge < -0.3 is 20.8 Å². The van der Waals surface area contributed by atoms with Crippen molar-refractivity contribution in [2.75, 3.05) is 19.5 Å². The lowest BCUT2D eigenvalue weighted by Crippen LogP contribution is -2.35. The first kappa shape index (κ1) is 10.6. The number of nitrogen functional groups attached to an aromatic ring is 1. The number of anilines is 1. The number of hydrogen-bond donors (Lipinski definition) is 3. The average molecular weight is 197 g/mol. The molecule has 1 aromatic heterocycles. The van der Waals surface area contributed by atoms with Gasteiger partial charge in [0.1, 0.15) is 5.69 Å². The lowest BCUT2D eigenvalue weighted by Gasteiger charge is -2.11. The number of aromatic nitrogens is 1. The first-order valence-corrected chi connectivity index (χ1v) is 4.37. The van der Waals surface area contributed by atoms with Gasteiger partial charge >= 0.3 is 0 Å². The van der Waals surface area contributed by atoms with Crippen molar-refractivity contribution >= 4 is 11.6 Å². The highest BCUT2D eigenvalue weighted by atomic mass is 16.5. The summed E-state index contributed by atoms with van der Waals surface area (Å²) in [6.45, 7) is 2.36. The monoisotopic (exact) mass is 197 g/mol. The Bertz CT molecular complexity index is 309. The minimum absolute atomic E-state index is 0.0166. The number of rotatable bonds is 4. The van der Waals surface area contributed by atoms with Gasteiger partial charge in [0, 0.05) is 25.0 Å². The Balaban J connectivity index is 2.50. The zero-order valence-corrected chi connectivity index (χ0v) is 8.33. The molecule has 0 bridgehead atoms. The van der Waals surface area contributed by atoms with E-state index in [9.17, 15) is 4.79 Å². The van der Waals surface area contributed by atoms with Crippen LogP contribution in [-0.4, -0.2) is 30.6 Å². The molecule has 0 saturated heterocycles. The van der Waals surface area contributed by atoms with Gasteiger partial charge in [-0.05, 0) is 13.0 Å². The van der Waals surface area contributed by atoms with Crippen molar-refractivity contribution < 1.29 is 9.53 Å². The van der Waals surface area contributed by atoms with Crippen LogP contribution in [0, 0.1) is 0 Å². The summed E-state index contributed by atoms with van der Waals surface area (Å²) in [5.41, 5.74) is 6.48. The Kier molecular flexibility index (Phi) is 3.53. The van der Waals surface area contributed by atoms with Gasteiger partial charge in [0.25, 0.3) is 5.91 Å². The molecule has 5 nitrogen and oxygen atoms in total. The normalized spacial score (nSPS) is 12.4. The van der Waals surface area contributed by atoms with Gasteiger partial charge in [-0.25, -0.2) is 0 Å². The van der Waals surface area contributed by atoms with E-state index in [0.29, 0.717) is 18.0 Å². The van der Waals surface area contributed by atoms with Crippen LogP contribution in [0.4, 0.5) is 5.69 Å². The summed E-state index contributed by atoms with van der Waals surface area (Å²) in [7, 11) is 1.59. The van der Waals surface area contributed by atoms with Crippen LogP contribution in [-0.2, 0) is 4.74 Å². The van der Waals surface area contributed by atoms with Crippen molar-refractivity contribution in [2.24, 2.45) is 0 Å². The fourth-order valence-electron chi connectivity index (χ4n) is 1.14. The number of carbonyl (C=O) groups excluding carboxylic acids is 1. The molecule has 0 spiro atoms. The number of hydrogen-bond acceptors (Lipinski definition) is 3. The minimum atomic E-state index is -0.175. The quantitative estimate of drug-likeness (QED) is 0.652. The molecule has 0 radical (unpaired) electrons. The number of methoxy groups -OCH3 is 1. The molecule has 0 saturated carbocycles. The second-order valence-corrected chi connectivity index (χ2v) is 3.18. The van der Waals surface area contributed by atoms with E-state index in [1.54, 1.807) is 19.4 Å². The maximum absolute atomic E-state index is 11.5. The van der Waals surface area contributed by atoms with E-state index >= 15 is 0 Å². The Morgan fingerprint density at radius 2 is 2.50 bits per heavy atom. The molecule has 0 aromatic carbocycles. The van der Waals surface area contributed by atoms with Crippen LogP contribution in [0.25, 0.3) is 0 Å². The van der Waals surface area contributed by atoms with Gasteiger partial charge in [-0.15, -0.1) is 0 Å². The van der Waals surface area contributed by atoms with E-state index in [1.165, 1.54) is 0 Å². The summed E-state index contributed by atoms with van der Waals surface area (Å²) in [6, 6.07) is 1.58. The standard InChI is InChI=1S/C9H15N3O2/c1-6(5-14-2)12-9(13)8-3-7(10)4-11-8/h3-4,6,11H,5,10H2,1-2H3,(H,12,13). The first-order chi connectivity index (χ1) is 6.63. The molecule has 1 atom stereocenters. The van der Waals surface area contributed by atoms with Crippen molar-refractivity contribution in [3.63, 3.8) is 0 Å². The summed E-state index contributed by atoms with van der Waals surface area (Å²) in [4.78, 5) is 14.3. The lowest BCUT2D eigenvalue weighted by atomic mass is 10.3. The Morgan fingerprint density at radius 1 is 1.79 bits per heavy atom. The molecule has 14 heavy (non-hydrogen) atoms. The molecular weight excluding hydrogens is 182 g/mol. The smallest absolute Gasteiger partial charge is 0.268 e. The van der Waals surface area contributed by atoms with Crippen LogP contribution >= 0.6 is 0 Å². The summed E-state index contributed by atoms with van der Waals surface area (Å²) in [6.07, 6.45) is 1.58. The molecule has 1 unspecified atom stereocenters. The van der Waals surface area contributed by atoms with Crippen LogP contribution < -0.4 is 11.1 Å². The van der Waals surface area contributed by atoms with Gasteiger partial charge in [0.2, 0.25) is 0 Å². The van der Waals surface area contributed by atoms with Crippen LogP contribution in [0.15, 0.2) is 12.3 Å². The summed E-state index contributed by atoms with van der Waals surface area (Å²) in [5, 5.41) is 2.76. The van der Waals surface area contributed by atoms with Crippen LogP contribution in [0.3, 0.4) is 0 Å². The van der Waals surface area contributed by atoms with Crippen LogP contribution in [0.1, 0.15) is 17.4 Å². The Hall–Kier alpha value is -1.49. The number of aromatic amines is 1. The predicted molar refractivity (Wildman–Crippen MR) is 54.0 cm³/mol. The zero-order chi connectivity index (χ0) is 10.6. The summed E-state index contributed by atoms with van der Waals surface area (Å²) in [5.74, 6) is -0.175. The van der Waals surface area contributed by atoms with E-state index in [4.69, 9.17) is 10.5 Å². The highest BCUT2D eigenvalue weighted by molar-refractivity contribution is 5.93. The van der Waals surface area contributed by atoms with Crippen molar-refractivity contribution in [1.29, 1.82) is 0 Å². The number of ether oxygens (including phenoxy) is 1. The van der Waals surface area contributed by atoms with Crippen molar-refractivity contribution in [3.05, 3.63) is 18.0 Å². The zero-order valence-electron chi connectivity index (χ0n) is 8.33. The lowest BCUT2D eigenvalue weighted by molar-refractivity contribution is 0.0901. The predicted octanol–water partition coefficient (Wildman–Crippen LogP) is 0.362. The van der Waals surface area contributed by atoms with E-state index in [-0.39, 0.29) is 11.9 Å². The minimum Gasteiger partial charge on any atom is -0.397 e. The molecule has 1 amide bonds. The van der Waals surface area contributed by atoms with Gasteiger partial charge in [-0.3, -0.25) is 4.79 Å². The highest BCUT2D eigenvalue weighted by Crippen LogP contribution is 2.04. The highest BCUT2D eigenvalue weighted by Gasteiger charge is 2.10. The molecule has 1 aromatic rings. The average Bonchev–Trinajstić information content (AvgIpc) is 2.52. The molecule has 0 fully saturated rings.